The number of hydrogen-bond donors (Lipinski definition) is 1. The smallest absolute Gasteiger partial charge is 0.261 e. The molecule has 0 unspecified atom stereocenters. The highest BCUT2D eigenvalue weighted by Gasteiger charge is 2.47. The molecule has 0 spiro atoms. The van der Waals surface area contributed by atoms with Gasteiger partial charge in [-0.15, -0.1) is 0 Å². The quantitative estimate of drug-likeness (QED) is 0.362. The van der Waals surface area contributed by atoms with Gasteiger partial charge in [0.25, 0.3) is 10.0 Å². The molecule has 5 nitrogen and oxygen atoms in total. The van der Waals surface area contributed by atoms with Crippen molar-refractivity contribution in [3.05, 3.63) is 107 Å². The number of Topliss-reactive ketones (excluding diaryl/α,β-unsaturated/α-hetero) is 1. The van der Waals surface area contributed by atoms with Gasteiger partial charge < -0.3 is 0 Å². The Hall–Kier alpha value is -3.22. The van der Waals surface area contributed by atoms with Gasteiger partial charge in [0.15, 0.2) is 11.6 Å². The number of rotatable bonds is 8. The minimum atomic E-state index is -3.91. The van der Waals surface area contributed by atoms with Gasteiger partial charge in [-0.3, -0.25) is 14.3 Å². The van der Waals surface area contributed by atoms with Crippen molar-refractivity contribution in [2.75, 3.05) is 0 Å². The number of ketones is 2. The van der Waals surface area contributed by atoms with Crippen LogP contribution in [0.5, 0.6) is 0 Å². The summed E-state index contributed by atoms with van der Waals surface area (Å²) >= 11 is 6.13. The number of carbonyl (C=O) groups is 2. The highest BCUT2D eigenvalue weighted by Crippen LogP contribution is 2.43. The first-order chi connectivity index (χ1) is 15.8. The number of allylic oxidation sites excluding steroid dienone is 1. The van der Waals surface area contributed by atoms with Gasteiger partial charge in [0, 0.05) is 23.5 Å². The van der Waals surface area contributed by atoms with Crippen LogP contribution in [0.15, 0.2) is 89.8 Å². The topological polar surface area (TPSA) is 80.3 Å². The first kappa shape index (κ1) is 23.0. The number of hydrogen-bond acceptors (Lipinski definition) is 4. The summed E-state index contributed by atoms with van der Waals surface area (Å²) in [5.41, 5.74) is 2.05. The third kappa shape index (κ3) is 5.24. The van der Waals surface area contributed by atoms with E-state index in [0.717, 1.165) is 5.56 Å². The molecule has 1 aliphatic rings. The summed E-state index contributed by atoms with van der Waals surface area (Å²) in [6.45, 7) is 1.87. The predicted molar refractivity (Wildman–Crippen MR) is 128 cm³/mol. The summed E-state index contributed by atoms with van der Waals surface area (Å²) < 4.78 is 28.5. The molecule has 1 saturated carbocycles. The maximum atomic E-state index is 13.0. The fourth-order valence-electron chi connectivity index (χ4n) is 3.62. The fourth-order valence-corrected chi connectivity index (χ4v) is 4.93. The molecule has 4 rings (SSSR count). The van der Waals surface area contributed by atoms with E-state index < -0.39 is 21.9 Å². The van der Waals surface area contributed by atoms with Crippen molar-refractivity contribution in [1.82, 2.24) is 4.72 Å². The van der Waals surface area contributed by atoms with Gasteiger partial charge >= 0.3 is 0 Å². The normalized spacial score (nSPS) is 17.9. The second kappa shape index (κ2) is 9.33. The summed E-state index contributed by atoms with van der Waals surface area (Å²) in [5.74, 6) is -1.43. The summed E-state index contributed by atoms with van der Waals surface area (Å²) in [4.78, 5) is 25.9. The molecule has 3 aromatic rings. The SMILES string of the molecule is Cc1ccc(S(=O)(=O)N/C(=C\C(=O)[C@@H]2C[C@H]2C(=O)c2ccccc2Cl)c2ccccc2)cc1. The van der Waals surface area contributed by atoms with Crippen molar-refractivity contribution < 1.29 is 18.0 Å². The first-order valence-electron chi connectivity index (χ1n) is 10.5. The van der Waals surface area contributed by atoms with Crippen molar-refractivity contribution in [1.29, 1.82) is 0 Å². The highest BCUT2D eigenvalue weighted by molar-refractivity contribution is 7.89. The van der Waals surface area contributed by atoms with Crippen LogP contribution in [0.4, 0.5) is 0 Å². The lowest BCUT2D eigenvalue weighted by molar-refractivity contribution is -0.115. The average Bonchev–Trinajstić information content (AvgIpc) is 3.60. The minimum absolute atomic E-state index is 0.0978. The monoisotopic (exact) mass is 479 g/mol. The van der Waals surface area contributed by atoms with E-state index in [1.165, 1.54) is 18.2 Å². The van der Waals surface area contributed by atoms with Crippen LogP contribution in [0.1, 0.15) is 27.9 Å². The highest BCUT2D eigenvalue weighted by atomic mass is 35.5. The van der Waals surface area contributed by atoms with E-state index in [1.807, 2.05) is 6.92 Å². The molecule has 3 aromatic carbocycles. The fraction of sp³-hybridized carbons (Fsp3) is 0.154. The molecule has 33 heavy (non-hydrogen) atoms. The molecule has 2 atom stereocenters. The molecule has 0 heterocycles. The number of nitrogens with one attached hydrogen (secondary N) is 1. The Kier molecular flexibility index (Phi) is 6.49. The van der Waals surface area contributed by atoms with Crippen molar-refractivity contribution in [2.24, 2.45) is 11.8 Å². The second-order valence-corrected chi connectivity index (χ2v) is 10.1. The van der Waals surface area contributed by atoms with E-state index >= 15 is 0 Å². The van der Waals surface area contributed by atoms with E-state index in [-0.39, 0.29) is 22.2 Å². The average molecular weight is 480 g/mol. The van der Waals surface area contributed by atoms with Gasteiger partial charge in [0.2, 0.25) is 0 Å². The number of aryl methyl sites for hydroxylation is 1. The van der Waals surface area contributed by atoms with Crippen LogP contribution in [0.3, 0.4) is 0 Å². The molecule has 0 bridgehead atoms. The Bertz CT molecular complexity index is 1330. The second-order valence-electron chi connectivity index (χ2n) is 8.04. The maximum absolute atomic E-state index is 13.0. The number of benzene rings is 3. The van der Waals surface area contributed by atoms with Crippen LogP contribution < -0.4 is 4.72 Å². The molecule has 7 heteroatoms. The van der Waals surface area contributed by atoms with Gasteiger partial charge in [-0.1, -0.05) is 71.8 Å². The number of carbonyl (C=O) groups excluding carboxylic acids is 2. The Morgan fingerprint density at radius 3 is 2.21 bits per heavy atom. The van der Waals surface area contributed by atoms with Crippen LogP contribution >= 0.6 is 11.6 Å². The lowest BCUT2D eigenvalue weighted by atomic mass is 10.0. The lowest BCUT2D eigenvalue weighted by Gasteiger charge is -2.12. The Morgan fingerprint density at radius 1 is 0.909 bits per heavy atom. The van der Waals surface area contributed by atoms with E-state index in [4.69, 9.17) is 11.6 Å². The van der Waals surface area contributed by atoms with Gasteiger partial charge in [-0.25, -0.2) is 8.42 Å². The predicted octanol–water partition coefficient (Wildman–Crippen LogP) is 5.06. The van der Waals surface area contributed by atoms with Crippen molar-refractivity contribution in [3.8, 4) is 0 Å². The third-order valence-electron chi connectivity index (χ3n) is 5.58. The van der Waals surface area contributed by atoms with Crippen LogP contribution in [0, 0.1) is 18.8 Å². The standard InChI is InChI=1S/C26H22ClNO4S/c1-17-11-13-19(14-12-17)33(31,32)28-24(18-7-3-2-4-8-18)16-25(29)21-15-22(21)26(30)20-9-5-6-10-23(20)27/h2-14,16,21-22,28H,15H2,1H3/b24-16-/t21-,22-/m1/s1. The molecule has 0 radical (unpaired) electrons. The van der Waals surface area contributed by atoms with E-state index in [0.29, 0.717) is 22.6 Å². The zero-order chi connectivity index (χ0) is 23.6. The zero-order valence-electron chi connectivity index (χ0n) is 17.9. The molecule has 1 N–H and O–H groups in total. The van der Waals surface area contributed by atoms with Crippen LogP contribution in [0.25, 0.3) is 5.70 Å². The van der Waals surface area contributed by atoms with E-state index in [1.54, 1.807) is 66.7 Å². The number of sulfonamides is 1. The third-order valence-corrected chi connectivity index (χ3v) is 7.29. The van der Waals surface area contributed by atoms with Crippen LogP contribution in [-0.2, 0) is 14.8 Å². The minimum Gasteiger partial charge on any atom is -0.294 e. The molecule has 0 amide bonds. The molecular formula is C26H22ClNO4S. The summed E-state index contributed by atoms with van der Waals surface area (Å²) in [6.07, 6.45) is 1.69. The molecule has 1 fully saturated rings. The van der Waals surface area contributed by atoms with Gasteiger partial charge in [0.1, 0.15) is 0 Å². The van der Waals surface area contributed by atoms with Gasteiger partial charge in [0.05, 0.1) is 15.6 Å². The summed E-state index contributed by atoms with van der Waals surface area (Å²) in [7, 11) is -3.91. The summed E-state index contributed by atoms with van der Waals surface area (Å²) in [6, 6.07) is 22.0. The Morgan fingerprint density at radius 2 is 1.55 bits per heavy atom. The Labute approximate surface area is 198 Å². The van der Waals surface area contributed by atoms with Crippen molar-refractivity contribution in [3.63, 3.8) is 0 Å². The first-order valence-corrected chi connectivity index (χ1v) is 12.3. The number of halogens is 1. The molecule has 0 aliphatic heterocycles. The molecule has 0 saturated heterocycles. The Balaban J connectivity index is 1.59. The zero-order valence-corrected chi connectivity index (χ0v) is 19.4. The lowest BCUT2D eigenvalue weighted by Crippen LogP contribution is -2.23. The maximum Gasteiger partial charge on any atom is 0.261 e. The van der Waals surface area contributed by atoms with Crippen LogP contribution in [-0.4, -0.2) is 20.0 Å². The molecule has 0 aromatic heterocycles. The van der Waals surface area contributed by atoms with Gasteiger partial charge in [-0.2, -0.15) is 0 Å². The van der Waals surface area contributed by atoms with E-state index in [2.05, 4.69) is 4.72 Å². The van der Waals surface area contributed by atoms with Gasteiger partial charge in [-0.05, 0) is 43.2 Å². The van der Waals surface area contributed by atoms with Crippen LogP contribution in [0.2, 0.25) is 5.02 Å². The molecular weight excluding hydrogens is 458 g/mol. The summed E-state index contributed by atoms with van der Waals surface area (Å²) in [5, 5.41) is 0.354. The van der Waals surface area contributed by atoms with Crippen molar-refractivity contribution in [2.45, 2.75) is 18.2 Å². The molecule has 1 aliphatic carbocycles. The molecule has 168 valence electrons. The largest absolute Gasteiger partial charge is 0.294 e. The van der Waals surface area contributed by atoms with Crippen molar-refractivity contribution >= 4 is 38.9 Å². The van der Waals surface area contributed by atoms with E-state index in [9.17, 15) is 18.0 Å².